The number of ether oxygens (including phenoxy) is 1. The number of amides is 2. The molecule has 0 bridgehead atoms. The molecule has 1 fully saturated rings. The summed E-state index contributed by atoms with van der Waals surface area (Å²) in [7, 11) is 1.52. The Balaban J connectivity index is 2.51. The van der Waals surface area contributed by atoms with Crippen molar-refractivity contribution in [2.45, 2.75) is 26.0 Å². The van der Waals surface area contributed by atoms with Crippen molar-refractivity contribution in [3.05, 3.63) is 23.8 Å². The number of imide groups is 1. The summed E-state index contributed by atoms with van der Waals surface area (Å²) in [5, 5.41) is 12.3. The van der Waals surface area contributed by atoms with Crippen LogP contribution in [-0.4, -0.2) is 36.6 Å². The van der Waals surface area contributed by atoms with Crippen LogP contribution in [0.5, 0.6) is 5.75 Å². The predicted molar refractivity (Wildman–Crippen MR) is 73.6 cm³/mol. The van der Waals surface area contributed by atoms with Crippen molar-refractivity contribution in [3.63, 3.8) is 0 Å². The number of hydrogen-bond acceptors (Lipinski definition) is 5. The number of aliphatic hydroxyl groups is 1. The van der Waals surface area contributed by atoms with Crippen LogP contribution in [0.4, 0.5) is 5.69 Å². The molecule has 108 valence electrons. The van der Waals surface area contributed by atoms with Gasteiger partial charge in [-0.25, -0.2) is 0 Å². The van der Waals surface area contributed by atoms with Crippen LogP contribution < -0.4 is 15.0 Å². The average Bonchev–Trinajstić information content (AvgIpc) is 2.41. The summed E-state index contributed by atoms with van der Waals surface area (Å²) in [5.41, 5.74) is 1.21. The maximum Gasteiger partial charge on any atom is 0.249 e. The number of nitrogens with zero attached hydrogens (tertiary/aromatic N) is 1. The molecule has 2 amide bonds. The molecule has 1 aromatic carbocycles. The normalized spacial score (nSPS) is 20.6. The maximum absolute atomic E-state index is 11.8. The fraction of sp³-hybridized carbons (Fsp3) is 0.429. The molecule has 1 aliphatic rings. The molecule has 2 atom stereocenters. The highest BCUT2D eigenvalue weighted by Crippen LogP contribution is 2.35. The van der Waals surface area contributed by atoms with Gasteiger partial charge in [-0.2, -0.15) is 0 Å². The molecule has 1 heterocycles. The third-order valence-electron chi connectivity index (χ3n) is 3.41. The van der Waals surface area contributed by atoms with E-state index in [2.05, 4.69) is 5.32 Å². The lowest BCUT2D eigenvalue weighted by atomic mass is 10.0. The van der Waals surface area contributed by atoms with E-state index in [1.807, 2.05) is 0 Å². The summed E-state index contributed by atoms with van der Waals surface area (Å²) >= 11 is 0. The molecule has 0 saturated carbocycles. The topological polar surface area (TPSA) is 78.9 Å². The Hall–Kier alpha value is -2.08. The third-order valence-corrected chi connectivity index (χ3v) is 3.41. The third kappa shape index (κ3) is 2.46. The fourth-order valence-corrected chi connectivity index (χ4v) is 2.39. The minimum atomic E-state index is -0.770. The van der Waals surface area contributed by atoms with E-state index >= 15 is 0 Å². The van der Waals surface area contributed by atoms with Gasteiger partial charge in [-0.1, -0.05) is 6.07 Å². The number of carbonyl (C=O) groups excluding carboxylic acids is 2. The molecular weight excluding hydrogens is 260 g/mol. The zero-order valence-electron chi connectivity index (χ0n) is 11.7. The molecule has 0 spiro atoms. The van der Waals surface area contributed by atoms with Gasteiger partial charge in [-0.15, -0.1) is 0 Å². The van der Waals surface area contributed by atoms with Gasteiger partial charge in [-0.3, -0.25) is 14.9 Å². The molecule has 2 N–H and O–H groups in total. The molecule has 6 nitrogen and oxygen atoms in total. The summed E-state index contributed by atoms with van der Waals surface area (Å²) in [6, 6.07) is 4.79. The van der Waals surface area contributed by atoms with Gasteiger partial charge in [0.2, 0.25) is 11.8 Å². The van der Waals surface area contributed by atoms with E-state index in [9.17, 15) is 14.7 Å². The van der Waals surface area contributed by atoms with Crippen LogP contribution in [0.2, 0.25) is 0 Å². The van der Waals surface area contributed by atoms with Crippen LogP contribution in [0.3, 0.4) is 0 Å². The second-order valence-electron chi connectivity index (χ2n) is 4.79. The van der Waals surface area contributed by atoms with Gasteiger partial charge in [0.05, 0.1) is 19.8 Å². The van der Waals surface area contributed by atoms with E-state index in [-0.39, 0.29) is 18.4 Å². The fourth-order valence-electron chi connectivity index (χ4n) is 2.39. The molecule has 6 heteroatoms. The summed E-state index contributed by atoms with van der Waals surface area (Å²) in [4.78, 5) is 25.0. The van der Waals surface area contributed by atoms with Crippen molar-refractivity contribution < 1.29 is 19.4 Å². The summed E-state index contributed by atoms with van der Waals surface area (Å²) in [5.74, 6) is -0.170. The average molecular weight is 278 g/mol. The van der Waals surface area contributed by atoms with Gasteiger partial charge in [-0.05, 0) is 26.0 Å². The zero-order valence-corrected chi connectivity index (χ0v) is 11.7. The van der Waals surface area contributed by atoms with Crippen LogP contribution >= 0.6 is 0 Å². The van der Waals surface area contributed by atoms with Crippen molar-refractivity contribution in [2.24, 2.45) is 0 Å². The Labute approximate surface area is 117 Å². The number of piperazine rings is 1. The smallest absolute Gasteiger partial charge is 0.249 e. The van der Waals surface area contributed by atoms with Crippen LogP contribution in [0.15, 0.2) is 18.2 Å². The number of aliphatic hydroxyl groups excluding tert-OH is 1. The minimum Gasteiger partial charge on any atom is -0.496 e. The number of methoxy groups -OCH3 is 1. The number of rotatable bonds is 3. The van der Waals surface area contributed by atoms with Gasteiger partial charge in [0.1, 0.15) is 11.8 Å². The van der Waals surface area contributed by atoms with Gasteiger partial charge >= 0.3 is 0 Å². The Morgan fingerprint density at radius 1 is 1.45 bits per heavy atom. The lowest BCUT2D eigenvalue weighted by Crippen LogP contribution is -2.57. The molecule has 0 aromatic heterocycles. The number of nitrogens with one attached hydrogen (secondary N) is 1. The molecule has 2 rings (SSSR count). The van der Waals surface area contributed by atoms with E-state index in [1.54, 1.807) is 36.9 Å². The van der Waals surface area contributed by atoms with Gasteiger partial charge in [0.15, 0.2) is 0 Å². The number of hydrogen-bond donors (Lipinski definition) is 2. The molecule has 0 radical (unpaired) electrons. The predicted octanol–water partition coefficient (Wildman–Crippen LogP) is 0.600. The van der Waals surface area contributed by atoms with E-state index in [4.69, 9.17) is 4.74 Å². The highest BCUT2D eigenvalue weighted by atomic mass is 16.5. The second kappa shape index (κ2) is 5.50. The lowest BCUT2D eigenvalue weighted by Gasteiger charge is -2.35. The highest BCUT2D eigenvalue weighted by Gasteiger charge is 2.32. The van der Waals surface area contributed by atoms with Crippen molar-refractivity contribution in [3.8, 4) is 5.75 Å². The van der Waals surface area contributed by atoms with E-state index in [1.165, 1.54) is 7.11 Å². The number of benzene rings is 1. The summed E-state index contributed by atoms with van der Waals surface area (Å²) in [6.45, 7) is 3.41. The van der Waals surface area contributed by atoms with Gasteiger partial charge in [0.25, 0.3) is 0 Å². The Morgan fingerprint density at radius 3 is 2.75 bits per heavy atom. The largest absolute Gasteiger partial charge is 0.496 e. The van der Waals surface area contributed by atoms with E-state index < -0.39 is 12.1 Å². The number of carbonyl (C=O) groups is 2. The molecular formula is C14H18N2O4. The van der Waals surface area contributed by atoms with E-state index in [0.717, 1.165) is 0 Å². The Kier molecular flexibility index (Phi) is 3.94. The van der Waals surface area contributed by atoms with E-state index in [0.29, 0.717) is 17.0 Å². The molecule has 1 aliphatic heterocycles. The summed E-state index contributed by atoms with van der Waals surface area (Å²) < 4.78 is 5.25. The summed E-state index contributed by atoms with van der Waals surface area (Å²) in [6.07, 6.45) is -0.770. The Bertz CT molecular complexity index is 542. The van der Waals surface area contributed by atoms with Crippen molar-refractivity contribution >= 4 is 17.5 Å². The first-order valence-corrected chi connectivity index (χ1v) is 6.41. The first kappa shape index (κ1) is 14.3. The highest BCUT2D eigenvalue weighted by molar-refractivity contribution is 6.04. The standard InChI is InChI=1S/C14H18N2O4/c1-8-14(19)15-12(18)7-16(8)10-5-4-6-11(20-3)13(10)9(2)17/h4-6,8-9,17H,7H2,1-3H3,(H,15,18,19). The maximum atomic E-state index is 11.8. The Morgan fingerprint density at radius 2 is 2.15 bits per heavy atom. The SMILES string of the molecule is COc1cccc(N2CC(=O)NC(=O)C2C)c1C(C)O. The van der Waals surface area contributed by atoms with Crippen LogP contribution in [0.25, 0.3) is 0 Å². The quantitative estimate of drug-likeness (QED) is 0.792. The first-order chi connectivity index (χ1) is 9.45. The molecule has 20 heavy (non-hydrogen) atoms. The lowest BCUT2D eigenvalue weighted by molar-refractivity contribution is -0.132. The van der Waals surface area contributed by atoms with Crippen LogP contribution in [0, 0.1) is 0 Å². The zero-order chi connectivity index (χ0) is 14.9. The molecule has 1 aromatic rings. The minimum absolute atomic E-state index is 0.0692. The molecule has 2 unspecified atom stereocenters. The van der Waals surface area contributed by atoms with Crippen molar-refractivity contribution in [1.29, 1.82) is 0 Å². The van der Waals surface area contributed by atoms with Crippen molar-refractivity contribution in [1.82, 2.24) is 5.32 Å². The van der Waals surface area contributed by atoms with Gasteiger partial charge in [0, 0.05) is 11.3 Å². The van der Waals surface area contributed by atoms with Crippen LogP contribution in [0.1, 0.15) is 25.5 Å². The monoisotopic (exact) mass is 278 g/mol. The van der Waals surface area contributed by atoms with Crippen molar-refractivity contribution in [2.75, 3.05) is 18.6 Å². The molecule has 1 saturated heterocycles. The first-order valence-electron chi connectivity index (χ1n) is 6.41. The second-order valence-corrected chi connectivity index (χ2v) is 4.79. The number of anilines is 1. The molecule has 0 aliphatic carbocycles. The van der Waals surface area contributed by atoms with Crippen LogP contribution in [-0.2, 0) is 9.59 Å². The van der Waals surface area contributed by atoms with Gasteiger partial charge < -0.3 is 14.7 Å².